The molecule has 0 aliphatic rings. The molecule has 14 nitrogen and oxygen atoms in total. The molecular formula is C10H20N2Na4O12. The summed E-state index contributed by atoms with van der Waals surface area (Å²) in [6.07, 6.45) is -4.73. The van der Waals surface area contributed by atoms with Gasteiger partial charge in [0.1, 0.15) is 0 Å². The molecule has 0 rings (SSSR count). The van der Waals surface area contributed by atoms with Crippen LogP contribution in [0.2, 0.25) is 0 Å². The van der Waals surface area contributed by atoms with E-state index in [4.69, 9.17) is 11.5 Å². The molecule has 0 amide bonds. The molecule has 146 valence electrons. The third kappa shape index (κ3) is 20.9. The maximum absolute atomic E-state index is 10.6. The summed E-state index contributed by atoms with van der Waals surface area (Å²) < 4.78 is 0. The van der Waals surface area contributed by atoms with Crippen LogP contribution in [0.25, 0.3) is 0 Å². The minimum atomic E-state index is -2.43. The molecule has 0 fully saturated rings. The second-order valence-corrected chi connectivity index (χ2v) is 4.51. The first kappa shape index (κ1) is 57.1. The zero-order chi connectivity index (χ0) is 16.1. The van der Waals surface area contributed by atoms with Gasteiger partial charge < -0.3 is 73.0 Å². The fraction of sp³-hybridized carbons (Fsp3) is 0.600. The average Bonchev–Trinajstić information content (AvgIpc) is 2.10. The number of aliphatic carboxylic acids is 4. The number of hydrogen-bond donors (Lipinski definition) is 2. The van der Waals surface area contributed by atoms with Gasteiger partial charge in [-0.1, -0.05) is 0 Å². The Balaban J connectivity index is -0.0000000645. The van der Waals surface area contributed by atoms with Crippen LogP contribution in [0.1, 0.15) is 25.7 Å². The van der Waals surface area contributed by atoms with Gasteiger partial charge in [-0.2, -0.15) is 0 Å². The first-order valence-electron chi connectivity index (χ1n) is 5.29. The van der Waals surface area contributed by atoms with Crippen LogP contribution in [-0.4, -0.2) is 56.9 Å². The number of carboxylic acids is 4. The number of hydrogen-bond acceptors (Lipinski definition) is 10. The minimum absolute atomic E-state index is 0. The Morgan fingerprint density at radius 3 is 0.679 bits per heavy atom. The summed E-state index contributed by atoms with van der Waals surface area (Å²) in [5, 5.41) is 42.5. The van der Waals surface area contributed by atoms with Crippen molar-refractivity contribution in [2.75, 3.05) is 0 Å². The van der Waals surface area contributed by atoms with Crippen molar-refractivity contribution in [1.82, 2.24) is 0 Å². The quantitative estimate of drug-likeness (QED) is 0.311. The average molecular weight is 452 g/mol. The summed E-state index contributed by atoms with van der Waals surface area (Å²) in [7, 11) is 0. The van der Waals surface area contributed by atoms with Gasteiger partial charge in [0.25, 0.3) is 0 Å². The molecule has 12 N–H and O–H groups in total. The van der Waals surface area contributed by atoms with Gasteiger partial charge in [0.15, 0.2) is 0 Å². The zero-order valence-electron chi connectivity index (χ0n) is 16.2. The fourth-order valence-corrected chi connectivity index (χ4v) is 1.86. The molecule has 0 aliphatic heterocycles. The smallest absolute Gasteiger partial charge is 0.550 e. The van der Waals surface area contributed by atoms with Crippen LogP contribution >= 0.6 is 0 Å². The van der Waals surface area contributed by atoms with E-state index < -0.39 is 60.6 Å². The third-order valence-corrected chi connectivity index (χ3v) is 2.83. The summed E-state index contributed by atoms with van der Waals surface area (Å²) in [4.78, 5) is 42.5. The van der Waals surface area contributed by atoms with E-state index in [2.05, 4.69) is 0 Å². The number of carbonyl (C=O) groups is 4. The molecule has 0 spiro atoms. The van der Waals surface area contributed by atoms with Gasteiger partial charge in [0.05, 0.1) is 0 Å². The van der Waals surface area contributed by atoms with E-state index in [0.717, 1.165) is 0 Å². The molecule has 0 saturated heterocycles. The Labute approximate surface area is 248 Å². The van der Waals surface area contributed by atoms with Crippen LogP contribution < -0.4 is 150 Å². The van der Waals surface area contributed by atoms with Crippen LogP contribution in [0.3, 0.4) is 0 Å². The van der Waals surface area contributed by atoms with Gasteiger partial charge >= 0.3 is 118 Å². The van der Waals surface area contributed by atoms with Crippen molar-refractivity contribution in [3.63, 3.8) is 0 Å². The van der Waals surface area contributed by atoms with Crippen LogP contribution in [0.5, 0.6) is 0 Å². The molecule has 18 heteroatoms. The Morgan fingerprint density at radius 2 is 0.607 bits per heavy atom. The maximum atomic E-state index is 10.6. The Kier molecular flexibility index (Phi) is 50.8. The molecule has 0 radical (unpaired) electrons. The largest absolute Gasteiger partial charge is 1.00 e. The molecule has 0 saturated carbocycles. The predicted octanol–water partition coefficient (Wildman–Crippen LogP) is -22.3. The van der Waals surface area contributed by atoms with Crippen molar-refractivity contribution in [3.05, 3.63) is 0 Å². The van der Waals surface area contributed by atoms with E-state index >= 15 is 0 Å². The molecule has 0 bridgehead atoms. The number of nitrogens with two attached hydrogens (primary N) is 2. The predicted molar refractivity (Wildman–Crippen MR) is 66.8 cm³/mol. The first-order valence-corrected chi connectivity index (χ1v) is 5.29. The normalized spacial score (nSPS) is 8.50. The number of rotatable bonds is 9. The van der Waals surface area contributed by atoms with Gasteiger partial charge in [-0.25, -0.2) is 0 Å². The molecular weight excluding hydrogens is 432 g/mol. The maximum Gasteiger partial charge on any atom is 1.00 e. The van der Waals surface area contributed by atoms with Gasteiger partial charge in [-0.15, -0.1) is 0 Å². The number of carboxylic acid groups (broad SMARTS) is 4. The zero-order valence-corrected chi connectivity index (χ0v) is 24.2. The van der Waals surface area contributed by atoms with E-state index in [1.165, 1.54) is 0 Å². The van der Waals surface area contributed by atoms with E-state index in [-0.39, 0.29) is 140 Å². The summed E-state index contributed by atoms with van der Waals surface area (Å²) in [6.45, 7) is 0. The second kappa shape index (κ2) is 24.9. The molecule has 28 heavy (non-hydrogen) atoms. The van der Waals surface area contributed by atoms with Crippen LogP contribution in [0, 0.1) is 0 Å². The van der Waals surface area contributed by atoms with Gasteiger partial charge in [-0.3, -0.25) is 0 Å². The second-order valence-electron chi connectivity index (χ2n) is 4.51. The molecule has 0 aromatic heterocycles. The summed E-state index contributed by atoms with van der Waals surface area (Å²) in [6, 6.07) is 0. The van der Waals surface area contributed by atoms with Crippen LogP contribution in [-0.2, 0) is 19.2 Å². The Bertz CT molecular complexity index is 382. The van der Waals surface area contributed by atoms with Crippen molar-refractivity contribution in [3.8, 4) is 0 Å². The Hall–Kier alpha value is 1.64. The van der Waals surface area contributed by atoms with Crippen molar-refractivity contribution in [1.29, 1.82) is 0 Å². The topological polar surface area (TPSA) is 339 Å². The van der Waals surface area contributed by atoms with Crippen molar-refractivity contribution in [2.45, 2.75) is 36.8 Å². The third-order valence-electron chi connectivity index (χ3n) is 2.83. The SMILES string of the molecule is NC(CC(=O)[O-])(CC(=O)[O-])C(N)(CC(=O)[O-])CC(=O)[O-].O.O.O.O.[Na+].[Na+].[Na+].[Na+]. The van der Waals surface area contributed by atoms with Gasteiger partial charge in [0, 0.05) is 60.6 Å². The molecule has 0 atom stereocenters. The standard InChI is InChI=1S/C10H16N2O8.4Na.4H2O/c11-9(1-5(13)14,2-6(15)16)10(12,3-7(17)18)4-8(19)20;;;;;;;;/h1-4,11-12H2,(H,13,14)(H,15,16)(H,17,18)(H,19,20);;;;;4*1H2/q;4*+1;;;;/p-4. The van der Waals surface area contributed by atoms with Crippen LogP contribution in [0.15, 0.2) is 0 Å². The summed E-state index contributed by atoms with van der Waals surface area (Å²) >= 11 is 0. The molecule has 0 aromatic carbocycles. The molecule has 0 unspecified atom stereocenters. The Morgan fingerprint density at radius 1 is 0.500 bits per heavy atom. The van der Waals surface area contributed by atoms with E-state index in [9.17, 15) is 39.6 Å². The van der Waals surface area contributed by atoms with E-state index in [1.807, 2.05) is 0 Å². The van der Waals surface area contributed by atoms with Gasteiger partial charge in [0.2, 0.25) is 0 Å². The molecule has 0 aromatic rings. The summed E-state index contributed by atoms with van der Waals surface area (Å²) in [5.74, 6) is -7.33. The van der Waals surface area contributed by atoms with Crippen molar-refractivity contribution < 1.29 is 180 Å². The number of carbonyl (C=O) groups excluding carboxylic acids is 4. The monoisotopic (exact) mass is 452 g/mol. The molecule has 0 aliphatic carbocycles. The van der Waals surface area contributed by atoms with Crippen molar-refractivity contribution >= 4 is 23.9 Å². The van der Waals surface area contributed by atoms with Crippen molar-refractivity contribution in [2.24, 2.45) is 11.5 Å². The van der Waals surface area contributed by atoms with Gasteiger partial charge in [-0.05, 0) is 0 Å². The first-order chi connectivity index (χ1) is 8.92. The van der Waals surface area contributed by atoms with E-state index in [0.29, 0.717) is 0 Å². The minimum Gasteiger partial charge on any atom is -0.550 e. The van der Waals surface area contributed by atoms with E-state index in [1.54, 1.807) is 0 Å². The summed E-state index contributed by atoms with van der Waals surface area (Å²) in [5.41, 5.74) is 6.20. The van der Waals surface area contributed by atoms with Crippen LogP contribution in [0.4, 0.5) is 0 Å². The fourth-order valence-electron chi connectivity index (χ4n) is 1.86. The molecule has 0 heterocycles.